The molecule has 20 heavy (non-hydrogen) atoms. The van der Waals surface area contributed by atoms with Gasteiger partial charge in [0.2, 0.25) is 0 Å². The Kier molecular flexibility index (Phi) is 4.65. The Morgan fingerprint density at radius 2 is 1.95 bits per heavy atom. The third-order valence-corrected chi connectivity index (χ3v) is 4.32. The molecule has 1 aliphatic rings. The summed E-state index contributed by atoms with van der Waals surface area (Å²) in [5, 5.41) is 23.2. The highest BCUT2D eigenvalue weighted by Crippen LogP contribution is 2.29. The van der Waals surface area contributed by atoms with Crippen LogP contribution in [-0.4, -0.2) is 34.7 Å². The molecule has 110 valence electrons. The second-order valence-corrected chi connectivity index (χ2v) is 5.52. The predicted molar refractivity (Wildman–Crippen MR) is 81.7 cm³/mol. The standard InChI is InChI=1S/C16H24N2O2/c1-3-16(19,4-2)12-18-11-7-9-14(17-20)13-8-5-6-10-15(13)18/h5-6,8,10,19-20H,3-4,7,9,11-12H2,1-2H3/b17-14-. The Labute approximate surface area is 120 Å². The van der Waals surface area contributed by atoms with E-state index in [9.17, 15) is 10.3 Å². The molecule has 1 aliphatic heterocycles. The average Bonchev–Trinajstić information content (AvgIpc) is 2.67. The van der Waals surface area contributed by atoms with E-state index < -0.39 is 5.60 Å². The lowest BCUT2D eigenvalue weighted by Gasteiger charge is -2.34. The third kappa shape index (κ3) is 2.96. The number of hydrogen-bond donors (Lipinski definition) is 2. The van der Waals surface area contributed by atoms with E-state index in [1.165, 1.54) is 0 Å². The summed E-state index contributed by atoms with van der Waals surface area (Å²) in [6.45, 7) is 5.54. The van der Waals surface area contributed by atoms with Crippen molar-refractivity contribution in [2.75, 3.05) is 18.0 Å². The Balaban J connectivity index is 2.35. The molecule has 4 nitrogen and oxygen atoms in total. The van der Waals surface area contributed by atoms with Crippen LogP contribution < -0.4 is 4.90 Å². The topological polar surface area (TPSA) is 56.1 Å². The molecule has 1 aromatic carbocycles. The van der Waals surface area contributed by atoms with Crippen LogP contribution in [0.1, 0.15) is 45.1 Å². The first kappa shape index (κ1) is 14.9. The fourth-order valence-corrected chi connectivity index (χ4v) is 2.78. The first-order valence-corrected chi connectivity index (χ1v) is 7.41. The van der Waals surface area contributed by atoms with Crippen LogP contribution in [0.3, 0.4) is 0 Å². The summed E-state index contributed by atoms with van der Waals surface area (Å²) in [5.41, 5.74) is 2.10. The van der Waals surface area contributed by atoms with E-state index in [4.69, 9.17) is 0 Å². The molecule has 0 fully saturated rings. The largest absolute Gasteiger partial charge is 0.411 e. The Bertz CT molecular complexity index is 481. The van der Waals surface area contributed by atoms with Crippen molar-refractivity contribution in [2.24, 2.45) is 5.16 Å². The molecule has 0 amide bonds. The van der Waals surface area contributed by atoms with Gasteiger partial charge in [-0.05, 0) is 31.7 Å². The van der Waals surface area contributed by atoms with Crippen LogP contribution in [0.15, 0.2) is 29.4 Å². The fourth-order valence-electron chi connectivity index (χ4n) is 2.78. The van der Waals surface area contributed by atoms with E-state index in [1.807, 2.05) is 38.1 Å². The SMILES string of the molecule is CCC(O)(CC)CN1CCC/C(=N/O)c2ccccc21. The number of aliphatic hydroxyl groups is 1. The van der Waals surface area contributed by atoms with Gasteiger partial charge in [-0.1, -0.05) is 37.2 Å². The van der Waals surface area contributed by atoms with Gasteiger partial charge in [0, 0.05) is 24.3 Å². The summed E-state index contributed by atoms with van der Waals surface area (Å²) in [5.74, 6) is 0. The molecule has 0 aromatic heterocycles. The number of benzene rings is 1. The van der Waals surface area contributed by atoms with Crippen molar-refractivity contribution in [1.29, 1.82) is 0 Å². The van der Waals surface area contributed by atoms with Crippen molar-refractivity contribution >= 4 is 11.4 Å². The van der Waals surface area contributed by atoms with Crippen LogP contribution in [0, 0.1) is 0 Å². The normalized spacial score (nSPS) is 17.9. The van der Waals surface area contributed by atoms with Crippen LogP contribution in [0.5, 0.6) is 0 Å². The minimum atomic E-state index is -0.659. The van der Waals surface area contributed by atoms with E-state index in [2.05, 4.69) is 10.1 Å². The summed E-state index contributed by atoms with van der Waals surface area (Å²) in [7, 11) is 0. The maximum absolute atomic E-state index is 10.6. The number of rotatable bonds is 4. The molecule has 0 atom stereocenters. The van der Waals surface area contributed by atoms with Crippen molar-refractivity contribution in [1.82, 2.24) is 0 Å². The van der Waals surface area contributed by atoms with Crippen molar-refractivity contribution in [3.63, 3.8) is 0 Å². The van der Waals surface area contributed by atoms with E-state index >= 15 is 0 Å². The molecule has 2 rings (SSSR count). The molecule has 0 saturated carbocycles. The van der Waals surface area contributed by atoms with Crippen LogP contribution in [0.2, 0.25) is 0 Å². The monoisotopic (exact) mass is 276 g/mol. The van der Waals surface area contributed by atoms with Crippen molar-refractivity contribution in [3.05, 3.63) is 29.8 Å². The van der Waals surface area contributed by atoms with Crippen LogP contribution >= 0.6 is 0 Å². The summed E-state index contributed by atoms with van der Waals surface area (Å²) in [6, 6.07) is 7.97. The van der Waals surface area contributed by atoms with Gasteiger partial charge in [-0.2, -0.15) is 0 Å². The van der Waals surface area contributed by atoms with E-state index in [1.54, 1.807) is 0 Å². The summed E-state index contributed by atoms with van der Waals surface area (Å²) in [4.78, 5) is 2.22. The van der Waals surface area contributed by atoms with Gasteiger partial charge in [-0.3, -0.25) is 0 Å². The second-order valence-electron chi connectivity index (χ2n) is 5.52. The highest BCUT2D eigenvalue weighted by molar-refractivity contribution is 6.05. The highest BCUT2D eigenvalue weighted by Gasteiger charge is 2.28. The molecular formula is C16H24N2O2. The zero-order valence-corrected chi connectivity index (χ0v) is 12.3. The molecule has 0 spiro atoms. The molecule has 0 unspecified atom stereocenters. The fraction of sp³-hybridized carbons (Fsp3) is 0.562. The average molecular weight is 276 g/mol. The quantitative estimate of drug-likeness (QED) is 0.656. The van der Waals surface area contributed by atoms with Gasteiger partial charge >= 0.3 is 0 Å². The molecular weight excluding hydrogens is 252 g/mol. The first-order valence-electron chi connectivity index (χ1n) is 7.41. The number of para-hydroxylation sites is 1. The molecule has 0 bridgehead atoms. The van der Waals surface area contributed by atoms with E-state index in [-0.39, 0.29) is 0 Å². The lowest BCUT2D eigenvalue weighted by molar-refractivity contribution is 0.0393. The second kappa shape index (κ2) is 6.27. The lowest BCUT2D eigenvalue weighted by atomic mass is 9.96. The maximum atomic E-state index is 10.6. The van der Waals surface area contributed by atoms with Crippen LogP contribution in [0.25, 0.3) is 0 Å². The van der Waals surface area contributed by atoms with Gasteiger partial charge in [0.1, 0.15) is 0 Å². The molecule has 1 heterocycles. The molecule has 0 radical (unpaired) electrons. The van der Waals surface area contributed by atoms with Gasteiger partial charge < -0.3 is 15.2 Å². The maximum Gasteiger partial charge on any atom is 0.0889 e. The Morgan fingerprint density at radius 3 is 2.60 bits per heavy atom. The van der Waals surface area contributed by atoms with Gasteiger partial charge in [-0.15, -0.1) is 0 Å². The van der Waals surface area contributed by atoms with Gasteiger partial charge in [-0.25, -0.2) is 0 Å². The molecule has 2 N–H and O–H groups in total. The predicted octanol–water partition coefficient (Wildman–Crippen LogP) is 3.02. The summed E-state index contributed by atoms with van der Waals surface area (Å²) < 4.78 is 0. The zero-order valence-electron chi connectivity index (χ0n) is 12.3. The van der Waals surface area contributed by atoms with Crippen LogP contribution in [0.4, 0.5) is 5.69 Å². The third-order valence-electron chi connectivity index (χ3n) is 4.32. The van der Waals surface area contributed by atoms with Gasteiger partial charge in [0.25, 0.3) is 0 Å². The number of fused-ring (bicyclic) bond motifs is 1. The number of oxime groups is 1. The molecule has 0 aliphatic carbocycles. The van der Waals surface area contributed by atoms with Crippen molar-refractivity contribution < 1.29 is 10.3 Å². The van der Waals surface area contributed by atoms with Crippen molar-refractivity contribution in [2.45, 2.75) is 45.1 Å². The smallest absolute Gasteiger partial charge is 0.0889 e. The summed E-state index contributed by atoms with van der Waals surface area (Å²) >= 11 is 0. The first-order chi connectivity index (χ1) is 9.63. The van der Waals surface area contributed by atoms with Gasteiger partial charge in [0.15, 0.2) is 0 Å². The summed E-state index contributed by atoms with van der Waals surface area (Å²) in [6.07, 6.45) is 3.17. The minimum absolute atomic E-state index is 0.621. The number of anilines is 1. The molecule has 0 saturated heterocycles. The lowest BCUT2D eigenvalue weighted by Crippen LogP contribution is -2.42. The zero-order chi connectivity index (χ0) is 14.6. The van der Waals surface area contributed by atoms with Gasteiger partial charge in [0.05, 0.1) is 11.3 Å². The van der Waals surface area contributed by atoms with Crippen molar-refractivity contribution in [3.8, 4) is 0 Å². The Hall–Kier alpha value is -1.55. The van der Waals surface area contributed by atoms with E-state index in [0.29, 0.717) is 6.54 Å². The van der Waals surface area contributed by atoms with Crippen LogP contribution in [-0.2, 0) is 0 Å². The number of β-amino-alcohol motifs (C(OH)–C–C–N with tert-alkyl or cyclic N) is 1. The molecule has 1 aromatic rings. The van der Waals surface area contributed by atoms with E-state index in [0.717, 1.165) is 49.2 Å². The highest BCUT2D eigenvalue weighted by atomic mass is 16.4. The number of hydrogen-bond acceptors (Lipinski definition) is 4. The molecule has 4 heteroatoms. The number of nitrogens with zero attached hydrogens (tertiary/aromatic N) is 2. The minimum Gasteiger partial charge on any atom is -0.411 e. The Morgan fingerprint density at radius 1 is 1.25 bits per heavy atom.